The molecule has 0 saturated carbocycles. The lowest BCUT2D eigenvalue weighted by molar-refractivity contribution is -0.129. The van der Waals surface area contributed by atoms with Gasteiger partial charge in [-0.3, -0.25) is 4.79 Å². The van der Waals surface area contributed by atoms with Gasteiger partial charge in [0.15, 0.2) is 6.10 Å². The van der Waals surface area contributed by atoms with Gasteiger partial charge in [-0.2, -0.15) is 5.10 Å². The van der Waals surface area contributed by atoms with E-state index in [9.17, 15) is 9.59 Å². The van der Waals surface area contributed by atoms with Gasteiger partial charge in [-0.05, 0) is 50.6 Å². The van der Waals surface area contributed by atoms with Crippen LogP contribution in [0.5, 0.6) is 0 Å². The Hall–Kier alpha value is -2.38. The summed E-state index contributed by atoms with van der Waals surface area (Å²) in [7, 11) is 0. The molecule has 8 heteroatoms. The third kappa shape index (κ3) is 4.14. The number of ether oxygens (including phenoxy) is 1. The molecule has 1 atom stereocenters. The van der Waals surface area contributed by atoms with Gasteiger partial charge in [-0.25, -0.2) is 9.48 Å². The van der Waals surface area contributed by atoms with Crippen LogP contribution in [0.25, 0.3) is 15.9 Å². The van der Waals surface area contributed by atoms with Crippen molar-refractivity contribution in [1.82, 2.24) is 15.1 Å². The lowest BCUT2D eigenvalue weighted by atomic mass is 10.3. The molecule has 27 heavy (non-hydrogen) atoms. The number of carbonyl (C=O) groups is 2. The molecule has 0 bridgehead atoms. The first-order chi connectivity index (χ1) is 12.9. The summed E-state index contributed by atoms with van der Waals surface area (Å²) in [5, 5.41) is 8.78. The zero-order valence-corrected chi connectivity index (χ0v) is 16.9. The predicted molar refractivity (Wildman–Crippen MR) is 107 cm³/mol. The smallest absolute Gasteiger partial charge is 0.349 e. The number of fused-ring (bicyclic) bond motifs is 1. The van der Waals surface area contributed by atoms with Gasteiger partial charge in [-0.1, -0.05) is 18.5 Å². The van der Waals surface area contributed by atoms with Gasteiger partial charge < -0.3 is 10.1 Å². The zero-order valence-electron chi connectivity index (χ0n) is 15.3. The summed E-state index contributed by atoms with van der Waals surface area (Å²) in [4.78, 5) is 25.6. The van der Waals surface area contributed by atoms with Crippen molar-refractivity contribution in [1.29, 1.82) is 0 Å². The van der Waals surface area contributed by atoms with Gasteiger partial charge in [0.05, 0.1) is 11.4 Å². The lowest BCUT2D eigenvalue weighted by Gasteiger charge is -2.12. The lowest BCUT2D eigenvalue weighted by Crippen LogP contribution is -2.36. The van der Waals surface area contributed by atoms with Crippen LogP contribution in [0.1, 0.15) is 35.6 Å². The van der Waals surface area contributed by atoms with Crippen LogP contribution < -0.4 is 5.32 Å². The number of hydrogen-bond acceptors (Lipinski definition) is 5. The van der Waals surface area contributed by atoms with Gasteiger partial charge in [0.1, 0.15) is 9.71 Å². The molecule has 2 heterocycles. The van der Waals surface area contributed by atoms with E-state index in [4.69, 9.17) is 16.3 Å². The Balaban J connectivity index is 1.84. The van der Waals surface area contributed by atoms with E-state index < -0.39 is 12.1 Å². The number of carbonyl (C=O) groups excluding carboxylic acids is 2. The van der Waals surface area contributed by atoms with Crippen LogP contribution in [-0.4, -0.2) is 34.3 Å². The minimum Gasteiger partial charge on any atom is -0.448 e. The third-order valence-electron chi connectivity index (χ3n) is 4.02. The van der Waals surface area contributed by atoms with Crippen LogP contribution in [0, 0.1) is 6.92 Å². The summed E-state index contributed by atoms with van der Waals surface area (Å²) < 4.78 is 7.09. The van der Waals surface area contributed by atoms with Crippen LogP contribution in [0.3, 0.4) is 0 Å². The molecule has 0 spiro atoms. The molecule has 0 aliphatic rings. The maximum absolute atomic E-state index is 12.5. The standard InChI is InChI=1S/C19H20ClN3O3S/c1-4-9-21-17(24)12(3)26-19(25)16-10-15-11(2)22-23(18(15)27-16)14-7-5-13(20)6-8-14/h5-8,10,12H,4,9H2,1-3H3,(H,21,24). The first-order valence-electron chi connectivity index (χ1n) is 8.64. The molecule has 1 unspecified atom stereocenters. The average molecular weight is 406 g/mol. The topological polar surface area (TPSA) is 73.2 Å². The van der Waals surface area contributed by atoms with Gasteiger partial charge in [0.2, 0.25) is 0 Å². The highest BCUT2D eigenvalue weighted by Gasteiger charge is 2.22. The quantitative estimate of drug-likeness (QED) is 0.626. The van der Waals surface area contributed by atoms with E-state index in [0.29, 0.717) is 16.4 Å². The molecule has 1 amide bonds. The molecule has 0 saturated heterocycles. The molecule has 0 aliphatic carbocycles. The Labute approximate surface area is 166 Å². The van der Waals surface area contributed by atoms with E-state index in [0.717, 1.165) is 28.0 Å². The molecule has 3 aromatic rings. The molecule has 0 aliphatic heterocycles. The number of aromatic nitrogens is 2. The molecule has 0 radical (unpaired) electrons. The summed E-state index contributed by atoms with van der Waals surface area (Å²) in [6.07, 6.45) is -0.0217. The summed E-state index contributed by atoms with van der Waals surface area (Å²) in [5.41, 5.74) is 1.66. The summed E-state index contributed by atoms with van der Waals surface area (Å²) >= 11 is 7.24. The largest absolute Gasteiger partial charge is 0.448 e. The Bertz CT molecular complexity index is 978. The minimum atomic E-state index is -0.844. The number of esters is 1. The molecule has 3 rings (SSSR count). The van der Waals surface area contributed by atoms with Crippen LogP contribution in [0.2, 0.25) is 5.02 Å². The van der Waals surface area contributed by atoms with Crippen molar-refractivity contribution in [2.75, 3.05) is 6.54 Å². The fourth-order valence-corrected chi connectivity index (χ4v) is 3.76. The van der Waals surface area contributed by atoms with E-state index in [-0.39, 0.29) is 5.91 Å². The van der Waals surface area contributed by atoms with E-state index in [2.05, 4.69) is 10.4 Å². The molecule has 0 fully saturated rings. The average Bonchev–Trinajstić information content (AvgIpc) is 3.21. The van der Waals surface area contributed by atoms with Gasteiger partial charge in [-0.15, -0.1) is 11.3 Å². The molecule has 1 N–H and O–H groups in total. The Morgan fingerprint density at radius 1 is 1.33 bits per heavy atom. The van der Waals surface area contributed by atoms with Crippen LogP contribution in [0.4, 0.5) is 0 Å². The Morgan fingerprint density at radius 3 is 2.70 bits per heavy atom. The second kappa shape index (κ2) is 8.10. The number of aryl methyl sites for hydroxylation is 1. The number of thiophene rings is 1. The molecule has 2 aromatic heterocycles. The highest BCUT2D eigenvalue weighted by Crippen LogP contribution is 2.31. The van der Waals surface area contributed by atoms with Crippen molar-refractivity contribution in [3.63, 3.8) is 0 Å². The first-order valence-corrected chi connectivity index (χ1v) is 9.84. The van der Waals surface area contributed by atoms with Crippen molar-refractivity contribution >= 4 is 45.0 Å². The van der Waals surface area contributed by atoms with Crippen molar-refractivity contribution < 1.29 is 14.3 Å². The highest BCUT2D eigenvalue weighted by molar-refractivity contribution is 7.20. The van der Waals surface area contributed by atoms with Crippen molar-refractivity contribution in [2.45, 2.75) is 33.3 Å². The fraction of sp³-hybridized carbons (Fsp3) is 0.316. The third-order valence-corrected chi connectivity index (χ3v) is 5.36. The summed E-state index contributed by atoms with van der Waals surface area (Å²) in [6.45, 7) is 5.97. The van der Waals surface area contributed by atoms with Crippen LogP contribution in [-0.2, 0) is 9.53 Å². The van der Waals surface area contributed by atoms with E-state index >= 15 is 0 Å². The number of nitrogens with one attached hydrogen (secondary N) is 1. The summed E-state index contributed by atoms with van der Waals surface area (Å²) in [5.74, 6) is -0.813. The monoisotopic (exact) mass is 405 g/mol. The Kier molecular flexibility index (Phi) is 5.82. The van der Waals surface area contributed by atoms with Crippen LogP contribution in [0.15, 0.2) is 30.3 Å². The second-order valence-electron chi connectivity index (χ2n) is 6.14. The number of benzene rings is 1. The molecule has 6 nitrogen and oxygen atoms in total. The molecular weight excluding hydrogens is 386 g/mol. The van der Waals surface area contributed by atoms with Gasteiger partial charge in [0, 0.05) is 17.0 Å². The molecule has 1 aromatic carbocycles. The SMILES string of the molecule is CCCNC(=O)C(C)OC(=O)c1cc2c(C)nn(-c3ccc(Cl)cc3)c2s1. The molecule has 142 valence electrons. The number of halogens is 1. The number of rotatable bonds is 6. The Morgan fingerprint density at radius 2 is 2.04 bits per heavy atom. The van der Waals surface area contributed by atoms with Crippen molar-refractivity contribution in [2.24, 2.45) is 0 Å². The fourth-order valence-electron chi connectivity index (χ4n) is 2.57. The van der Waals surface area contributed by atoms with Gasteiger partial charge >= 0.3 is 5.97 Å². The zero-order chi connectivity index (χ0) is 19.6. The minimum absolute atomic E-state index is 0.296. The normalized spacial score (nSPS) is 12.1. The first kappa shape index (κ1) is 19.4. The van der Waals surface area contributed by atoms with Crippen molar-refractivity contribution in [3.8, 4) is 5.69 Å². The highest BCUT2D eigenvalue weighted by atomic mass is 35.5. The molecular formula is C19H20ClN3O3S. The van der Waals surface area contributed by atoms with E-state index in [1.165, 1.54) is 11.3 Å². The van der Waals surface area contributed by atoms with E-state index in [1.807, 2.05) is 26.0 Å². The van der Waals surface area contributed by atoms with Crippen LogP contribution >= 0.6 is 22.9 Å². The van der Waals surface area contributed by atoms with Crippen molar-refractivity contribution in [3.05, 3.63) is 45.9 Å². The number of hydrogen-bond donors (Lipinski definition) is 1. The second-order valence-corrected chi connectivity index (χ2v) is 7.61. The number of nitrogens with zero attached hydrogens (tertiary/aromatic N) is 2. The predicted octanol–water partition coefficient (Wildman–Crippen LogP) is 4.12. The van der Waals surface area contributed by atoms with E-state index in [1.54, 1.807) is 29.8 Å². The number of amides is 1. The van der Waals surface area contributed by atoms with Gasteiger partial charge in [0.25, 0.3) is 5.91 Å². The summed E-state index contributed by atoms with van der Waals surface area (Å²) in [6, 6.07) is 9.07. The maximum atomic E-state index is 12.5. The maximum Gasteiger partial charge on any atom is 0.349 e.